The second kappa shape index (κ2) is 10.0. The normalized spacial score (nSPS) is 12.7. The maximum absolute atomic E-state index is 13.6. The van der Waals surface area contributed by atoms with E-state index < -0.39 is 18.0 Å². The Morgan fingerprint density at radius 1 is 0.811 bits per heavy atom. The summed E-state index contributed by atoms with van der Waals surface area (Å²) in [7, 11) is 0. The zero-order valence-electron chi connectivity index (χ0n) is 19.2. The van der Waals surface area contributed by atoms with E-state index >= 15 is 0 Å². The minimum Gasteiger partial charge on any atom is -0.405 e. The van der Waals surface area contributed by atoms with Gasteiger partial charge in [0.2, 0.25) is 0 Å². The average Bonchev–Trinajstić information content (AvgIpc) is 3.05. The number of rotatable bonds is 4. The number of hydrogen-bond donors (Lipinski definition) is 1. The van der Waals surface area contributed by atoms with Crippen molar-refractivity contribution >= 4 is 35.0 Å². The van der Waals surface area contributed by atoms with Gasteiger partial charge in [-0.1, -0.05) is 54.2 Å². The zero-order valence-corrected chi connectivity index (χ0v) is 20.0. The van der Waals surface area contributed by atoms with Crippen LogP contribution < -0.4 is 15.0 Å². The van der Waals surface area contributed by atoms with Crippen LogP contribution in [0.15, 0.2) is 107 Å². The summed E-state index contributed by atoms with van der Waals surface area (Å²) in [5.74, 6) is -1.59. The molecule has 4 aromatic carbocycles. The van der Waals surface area contributed by atoms with Crippen LogP contribution in [0.4, 0.5) is 24.5 Å². The van der Waals surface area contributed by atoms with Crippen LogP contribution in [-0.2, 0) is 6.54 Å². The molecule has 0 saturated heterocycles. The van der Waals surface area contributed by atoms with E-state index in [2.05, 4.69) is 10.1 Å². The second-order valence-corrected chi connectivity index (χ2v) is 9.23. The van der Waals surface area contributed by atoms with Gasteiger partial charge in [-0.2, -0.15) is 0 Å². The van der Waals surface area contributed by atoms with Crippen molar-refractivity contribution in [3.8, 4) is 5.75 Å². The van der Waals surface area contributed by atoms with E-state index in [9.17, 15) is 22.8 Å². The first-order valence-electron chi connectivity index (χ1n) is 11.2. The number of ether oxygens (including phenoxy) is 1. The van der Waals surface area contributed by atoms with Crippen LogP contribution in [0.5, 0.6) is 5.75 Å². The molecule has 0 aliphatic carbocycles. The smallest absolute Gasteiger partial charge is 0.405 e. The van der Waals surface area contributed by atoms with Crippen LogP contribution in [0.3, 0.4) is 0 Å². The Kier molecular flexibility index (Phi) is 6.62. The quantitative estimate of drug-likeness (QED) is 0.311. The number of carbonyl (C=O) groups is 2. The van der Waals surface area contributed by atoms with Crippen molar-refractivity contribution in [3.63, 3.8) is 0 Å². The van der Waals surface area contributed by atoms with E-state index in [0.717, 1.165) is 27.1 Å². The number of halogens is 3. The molecule has 0 radical (unpaired) electrons. The highest BCUT2D eigenvalue weighted by molar-refractivity contribution is 7.99. The lowest BCUT2D eigenvalue weighted by Gasteiger charge is -2.23. The number of carbonyl (C=O) groups excluding carboxylic acids is 2. The molecule has 1 N–H and O–H groups in total. The third kappa shape index (κ3) is 5.46. The lowest BCUT2D eigenvalue weighted by Crippen LogP contribution is -2.30. The molecule has 37 heavy (non-hydrogen) atoms. The summed E-state index contributed by atoms with van der Waals surface area (Å²) in [6.45, 7) is 0.396. The van der Waals surface area contributed by atoms with Gasteiger partial charge in [0.05, 0.1) is 17.8 Å². The third-order valence-corrected chi connectivity index (χ3v) is 6.85. The van der Waals surface area contributed by atoms with Crippen molar-refractivity contribution in [2.45, 2.75) is 22.7 Å². The van der Waals surface area contributed by atoms with Crippen molar-refractivity contribution in [3.05, 3.63) is 114 Å². The third-order valence-electron chi connectivity index (χ3n) is 5.67. The Hall–Kier alpha value is -4.24. The summed E-state index contributed by atoms with van der Waals surface area (Å²) in [6, 6.07) is 26.9. The van der Waals surface area contributed by atoms with E-state index in [4.69, 9.17) is 0 Å². The van der Waals surface area contributed by atoms with Crippen LogP contribution in [0.1, 0.15) is 26.3 Å². The summed E-state index contributed by atoms with van der Waals surface area (Å²) in [5, 5.41) is 2.55. The van der Waals surface area contributed by atoms with E-state index in [-0.39, 0.29) is 11.5 Å². The fourth-order valence-electron chi connectivity index (χ4n) is 3.97. The molecule has 186 valence electrons. The topological polar surface area (TPSA) is 58.6 Å². The monoisotopic (exact) mass is 520 g/mol. The first kappa shape index (κ1) is 24.5. The Bertz CT molecular complexity index is 1470. The van der Waals surface area contributed by atoms with Gasteiger partial charge in [0, 0.05) is 21.0 Å². The predicted molar refractivity (Wildman–Crippen MR) is 135 cm³/mol. The molecule has 2 amide bonds. The Balaban J connectivity index is 1.37. The number of para-hydroxylation sites is 2. The van der Waals surface area contributed by atoms with Crippen LogP contribution >= 0.6 is 11.8 Å². The largest absolute Gasteiger partial charge is 0.573 e. The van der Waals surface area contributed by atoms with Gasteiger partial charge in [0.1, 0.15) is 5.75 Å². The summed E-state index contributed by atoms with van der Waals surface area (Å²) in [4.78, 5) is 30.0. The van der Waals surface area contributed by atoms with Crippen molar-refractivity contribution in [2.24, 2.45) is 0 Å². The molecule has 0 aromatic heterocycles. The SMILES string of the molecule is O=C(Nc1ccc(C(=O)N2Cc3ccccc3Sc3ccccc32)cc1)c1ccccc1OC(F)(F)F. The molecule has 0 fully saturated rings. The summed E-state index contributed by atoms with van der Waals surface area (Å²) in [6.07, 6.45) is -4.93. The molecule has 9 heteroatoms. The average molecular weight is 521 g/mol. The van der Waals surface area contributed by atoms with Crippen LogP contribution in [0, 0.1) is 0 Å². The molecular formula is C28H19F3N2O3S. The lowest BCUT2D eigenvalue weighted by molar-refractivity contribution is -0.274. The van der Waals surface area contributed by atoms with Gasteiger partial charge in [-0.3, -0.25) is 9.59 Å². The minimum atomic E-state index is -4.93. The highest BCUT2D eigenvalue weighted by Gasteiger charge is 2.33. The predicted octanol–water partition coefficient (Wildman–Crippen LogP) is 7.15. The summed E-state index contributed by atoms with van der Waals surface area (Å²) < 4.78 is 42.0. The summed E-state index contributed by atoms with van der Waals surface area (Å²) >= 11 is 1.61. The van der Waals surface area contributed by atoms with E-state index in [1.54, 1.807) is 28.8 Å². The molecule has 1 aliphatic heterocycles. The molecule has 0 atom stereocenters. The molecule has 5 rings (SSSR count). The molecule has 1 heterocycles. The minimum absolute atomic E-state index is 0.216. The van der Waals surface area contributed by atoms with Crippen molar-refractivity contribution in [1.82, 2.24) is 0 Å². The number of benzene rings is 4. The van der Waals surface area contributed by atoms with Crippen molar-refractivity contribution in [2.75, 3.05) is 10.2 Å². The summed E-state index contributed by atoms with van der Waals surface area (Å²) in [5.41, 5.74) is 2.28. The maximum Gasteiger partial charge on any atom is 0.573 e. The van der Waals surface area contributed by atoms with E-state index in [1.807, 2.05) is 48.5 Å². The Morgan fingerprint density at radius 3 is 2.22 bits per heavy atom. The first-order valence-corrected chi connectivity index (χ1v) is 12.0. The number of amides is 2. The van der Waals surface area contributed by atoms with Gasteiger partial charge in [0.15, 0.2) is 0 Å². The van der Waals surface area contributed by atoms with Gasteiger partial charge in [-0.25, -0.2) is 0 Å². The Morgan fingerprint density at radius 2 is 1.46 bits per heavy atom. The number of nitrogens with zero attached hydrogens (tertiary/aromatic N) is 1. The van der Waals surface area contributed by atoms with Gasteiger partial charge >= 0.3 is 6.36 Å². The molecule has 0 saturated carbocycles. The number of nitrogens with one attached hydrogen (secondary N) is 1. The molecule has 5 nitrogen and oxygen atoms in total. The maximum atomic E-state index is 13.6. The fourth-order valence-corrected chi connectivity index (χ4v) is 5.05. The van der Waals surface area contributed by atoms with Crippen LogP contribution in [0.25, 0.3) is 0 Å². The second-order valence-electron chi connectivity index (χ2n) is 8.14. The molecule has 1 aliphatic rings. The van der Waals surface area contributed by atoms with Crippen LogP contribution in [-0.4, -0.2) is 18.2 Å². The number of hydrogen-bond acceptors (Lipinski definition) is 4. The molecule has 4 aromatic rings. The molecule has 0 bridgehead atoms. The lowest BCUT2D eigenvalue weighted by atomic mass is 10.1. The molecule has 0 unspecified atom stereocenters. The number of anilines is 2. The van der Waals surface area contributed by atoms with E-state index in [0.29, 0.717) is 17.8 Å². The number of fused-ring (bicyclic) bond motifs is 2. The van der Waals surface area contributed by atoms with Crippen molar-refractivity contribution in [1.29, 1.82) is 0 Å². The highest BCUT2D eigenvalue weighted by atomic mass is 32.2. The molecular weight excluding hydrogens is 501 g/mol. The number of alkyl halides is 3. The van der Waals surface area contributed by atoms with Gasteiger partial charge < -0.3 is 15.0 Å². The Labute approximate surface area is 214 Å². The first-order chi connectivity index (χ1) is 17.8. The van der Waals surface area contributed by atoms with Crippen LogP contribution in [0.2, 0.25) is 0 Å². The zero-order chi connectivity index (χ0) is 26.0. The van der Waals surface area contributed by atoms with Gasteiger partial charge in [-0.05, 0) is 60.2 Å². The van der Waals surface area contributed by atoms with Gasteiger partial charge in [0.25, 0.3) is 11.8 Å². The highest BCUT2D eigenvalue weighted by Crippen LogP contribution is 2.41. The fraction of sp³-hybridized carbons (Fsp3) is 0.0714. The van der Waals surface area contributed by atoms with Crippen molar-refractivity contribution < 1.29 is 27.5 Å². The van der Waals surface area contributed by atoms with Gasteiger partial charge in [-0.15, -0.1) is 13.2 Å². The van der Waals surface area contributed by atoms with E-state index in [1.165, 1.54) is 30.3 Å². The standard InChI is InChI=1S/C28H19F3N2O3S/c29-28(30,31)36-23-10-4-2-8-21(23)26(34)32-20-15-13-18(14-16-20)27(35)33-17-19-7-1-5-11-24(19)37-25-12-6-3-9-22(25)33/h1-16H,17H2,(H,32,34). The molecule has 0 spiro atoms.